The quantitative estimate of drug-likeness (QED) is 0.192. The topological polar surface area (TPSA) is 118 Å². The molecule has 3 amide bonds. The molecule has 0 spiro atoms. The van der Waals surface area contributed by atoms with Crippen LogP contribution in [0.25, 0.3) is 0 Å². The minimum Gasteiger partial charge on any atom is -0.493 e. The molecule has 3 aromatic rings. The highest BCUT2D eigenvalue weighted by molar-refractivity contribution is 9.10. The van der Waals surface area contributed by atoms with E-state index in [0.29, 0.717) is 29.2 Å². The van der Waals surface area contributed by atoms with Crippen molar-refractivity contribution in [2.24, 2.45) is 5.10 Å². The van der Waals surface area contributed by atoms with Crippen LogP contribution < -0.4 is 25.5 Å². The lowest BCUT2D eigenvalue weighted by Gasteiger charge is -2.14. The number of hydrogen-bond acceptors (Lipinski definition) is 6. The van der Waals surface area contributed by atoms with E-state index < -0.39 is 11.8 Å². The normalized spacial score (nSPS) is 10.7. The molecule has 198 valence electrons. The number of aryl methyl sites for hydroxylation is 3. The van der Waals surface area contributed by atoms with E-state index in [0.717, 1.165) is 26.9 Å². The Morgan fingerprint density at radius 3 is 2.34 bits per heavy atom. The number of anilines is 2. The van der Waals surface area contributed by atoms with Crippen LogP contribution in [0.15, 0.2) is 64.2 Å². The molecule has 3 rings (SSSR count). The van der Waals surface area contributed by atoms with Gasteiger partial charge in [0, 0.05) is 15.8 Å². The Morgan fingerprint density at radius 2 is 1.66 bits per heavy atom. The molecule has 0 atom stereocenters. The molecule has 0 aliphatic heterocycles. The molecule has 0 radical (unpaired) electrons. The molecule has 38 heavy (non-hydrogen) atoms. The molecule has 0 bridgehead atoms. The van der Waals surface area contributed by atoms with Crippen molar-refractivity contribution in [1.29, 1.82) is 0 Å². The summed E-state index contributed by atoms with van der Waals surface area (Å²) in [6.07, 6.45) is 2.08. The molecule has 0 saturated carbocycles. The Labute approximate surface area is 229 Å². The maximum atomic E-state index is 12.5. The van der Waals surface area contributed by atoms with Gasteiger partial charge in [-0.15, -0.1) is 0 Å². The summed E-state index contributed by atoms with van der Waals surface area (Å²) >= 11 is 3.44. The third kappa shape index (κ3) is 7.66. The van der Waals surface area contributed by atoms with Crippen molar-refractivity contribution in [2.45, 2.75) is 27.2 Å². The van der Waals surface area contributed by atoms with Crippen LogP contribution in [-0.4, -0.2) is 37.7 Å². The number of methoxy groups -OCH3 is 1. The first-order valence-corrected chi connectivity index (χ1v) is 12.6. The minimum atomic E-state index is -0.902. The summed E-state index contributed by atoms with van der Waals surface area (Å²) in [5.41, 5.74) is 6.89. The van der Waals surface area contributed by atoms with E-state index in [9.17, 15) is 14.4 Å². The second kappa shape index (κ2) is 13.4. The standard InChI is InChI=1S/C28H29BrN4O5/c1-5-20-8-6-7-9-22(20)31-27(35)28(36)33-30-15-19-10-11-23(24(14-19)37-4)38-16-25(34)32-26-17(2)12-21(29)13-18(26)3/h6-15H,5,16H2,1-4H3,(H,31,35)(H,32,34)(H,33,36)/b30-15-. The van der Waals surface area contributed by atoms with Gasteiger partial charge >= 0.3 is 11.8 Å². The highest BCUT2D eigenvalue weighted by Gasteiger charge is 2.15. The van der Waals surface area contributed by atoms with Crippen LogP contribution in [-0.2, 0) is 20.8 Å². The molecule has 0 fully saturated rings. The number of benzene rings is 3. The van der Waals surface area contributed by atoms with Gasteiger partial charge in [-0.1, -0.05) is 41.1 Å². The monoisotopic (exact) mass is 580 g/mol. The molecule has 0 heterocycles. The van der Waals surface area contributed by atoms with Crippen molar-refractivity contribution in [3.05, 3.63) is 81.3 Å². The van der Waals surface area contributed by atoms with E-state index in [1.807, 2.05) is 45.0 Å². The van der Waals surface area contributed by atoms with Crippen LogP contribution in [0.5, 0.6) is 11.5 Å². The summed E-state index contributed by atoms with van der Waals surface area (Å²) in [6, 6.07) is 16.0. The lowest BCUT2D eigenvalue weighted by atomic mass is 10.1. The zero-order valence-corrected chi connectivity index (χ0v) is 23.1. The number of nitrogens with zero attached hydrogens (tertiary/aromatic N) is 1. The second-order valence-electron chi connectivity index (χ2n) is 8.33. The number of amides is 3. The number of hydrogen-bond donors (Lipinski definition) is 3. The third-order valence-corrected chi connectivity index (χ3v) is 6.00. The summed E-state index contributed by atoms with van der Waals surface area (Å²) in [5, 5.41) is 9.31. The van der Waals surface area contributed by atoms with E-state index in [2.05, 4.69) is 37.1 Å². The van der Waals surface area contributed by atoms with Gasteiger partial charge in [-0.3, -0.25) is 14.4 Å². The first-order chi connectivity index (χ1) is 18.2. The van der Waals surface area contributed by atoms with Gasteiger partial charge in [-0.05, 0) is 78.9 Å². The number of nitrogens with one attached hydrogen (secondary N) is 3. The van der Waals surface area contributed by atoms with Crippen molar-refractivity contribution in [3.8, 4) is 11.5 Å². The molecule has 0 saturated heterocycles. The van der Waals surface area contributed by atoms with Crippen molar-refractivity contribution < 1.29 is 23.9 Å². The summed E-state index contributed by atoms with van der Waals surface area (Å²) in [7, 11) is 1.47. The van der Waals surface area contributed by atoms with Crippen LogP contribution in [0.4, 0.5) is 11.4 Å². The average Bonchev–Trinajstić information content (AvgIpc) is 2.90. The number of para-hydroxylation sites is 1. The predicted octanol–water partition coefficient (Wildman–Crippen LogP) is 4.74. The summed E-state index contributed by atoms with van der Waals surface area (Å²) in [4.78, 5) is 36.8. The van der Waals surface area contributed by atoms with Gasteiger partial charge in [0.1, 0.15) is 0 Å². The Balaban J connectivity index is 1.56. The molecule has 3 aromatic carbocycles. The first-order valence-electron chi connectivity index (χ1n) is 11.8. The Hall–Kier alpha value is -4.18. The zero-order chi connectivity index (χ0) is 27.7. The summed E-state index contributed by atoms with van der Waals surface area (Å²) < 4.78 is 12.0. The third-order valence-electron chi connectivity index (χ3n) is 5.54. The second-order valence-corrected chi connectivity index (χ2v) is 9.24. The van der Waals surface area contributed by atoms with Gasteiger partial charge in [0.15, 0.2) is 18.1 Å². The Bertz CT molecular complexity index is 1350. The molecule has 0 aliphatic carbocycles. The van der Waals surface area contributed by atoms with Crippen LogP contribution >= 0.6 is 15.9 Å². The molecule has 9 nitrogen and oxygen atoms in total. The largest absolute Gasteiger partial charge is 0.493 e. The SMILES string of the molecule is CCc1ccccc1NC(=O)C(=O)N/N=C\c1ccc(OCC(=O)Nc2c(C)cc(Br)cc2C)c(OC)c1. The lowest BCUT2D eigenvalue weighted by Crippen LogP contribution is -2.32. The maximum absolute atomic E-state index is 12.5. The molecular weight excluding hydrogens is 552 g/mol. The number of rotatable bonds is 9. The van der Waals surface area contributed by atoms with Crippen molar-refractivity contribution in [3.63, 3.8) is 0 Å². The summed E-state index contributed by atoms with van der Waals surface area (Å²) in [5.74, 6) is -1.30. The predicted molar refractivity (Wildman–Crippen MR) is 151 cm³/mol. The highest BCUT2D eigenvalue weighted by Crippen LogP contribution is 2.28. The zero-order valence-electron chi connectivity index (χ0n) is 21.6. The molecule has 0 unspecified atom stereocenters. The molecular formula is C28H29BrN4O5. The average molecular weight is 581 g/mol. The summed E-state index contributed by atoms with van der Waals surface area (Å²) in [6.45, 7) is 5.57. The van der Waals surface area contributed by atoms with Crippen LogP contribution in [0, 0.1) is 13.8 Å². The number of hydrazone groups is 1. The molecule has 0 aliphatic rings. The fourth-order valence-electron chi connectivity index (χ4n) is 3.66. The fraction of sp³-hybridized carbons (Fsp3) is 0.214. The van der Waals surface area contributed by atoms with Gasteiger partial charge in [0.05, 0.1) is 13.3 Å². The van der Waals surface area contributed by atoms with Crippen molar-refractivity contribution >= 4 is 51.2 Å². The number of ether oxygens (including phenoxy) is 2. The number of carbonyl (C=O) groups excluding carboxylic acids is 3. The fourth-order valence-corrected chi connectivity index (χ4v) is 4.34. The first kappa shape index (κ1) is 28.4. The van der Waals surface area contributed by atoms with E-state index in [1.165, 1.54) is 13.3 Å². The maximum Gasteiger partial charge on any atom is 0.329 e. The van der Waals surface area contributed by atoms with Gasteiger partial charge in [0.25, 0.3) is 5.91 Å². The van der Waals surface area contributed by atoms with E-state index in [1.54, 1.807) is 30.3 Å². The molecule has 3 N–H and O–H groups in total. The molecule has 0 aromatic heterocycles. The van der Waals surface area contributed by atoms with Crippen LogP contribution in [0.3, 0.4) is 0 Å². The molecule has 10 heteroatoms. The lowest BCUT2D eigenvalue weighted by molar-refractivity contribution is -0.136. The van der Waals surface area contributed by atoms with E-state index in [-0.39, 0.29) is 12.5 Å². The van der Waals surface area contributed by atoms with Gasteiger partial charge < -0.3 is 20.1 Å². The van der Waals surface area contributed by atoms with Crippen molar-refractivity contribution in [2.75, 3.05) is 24.4 Å². The highest BCUT2D eigenvalue weighted by atomic mass is 79.9. The van der Waals surface area contributed by atoms with Crippen LogP contribution in [0.2, 0.25) is 0 Å². The Morgan fingerprint density at radius 1 is 0.947 bits per heavy atom. The van der Waals surface area contributed by atoms with Gasteiger partial charge in [0.2, 0.25) is 0 Å². The van der Waals surface area contributed by atoms with E-state index >= 15 is 0 Å². The Kier molecular flexibility index (Phi) is 10.0. The van der Waals surface area contributed by atoms with Gasteiger partial charge in [-0.2, -0.15) is 5.10 Å². The number of carbonyl (C=O) groups is 3. The van der Waals surface area contributed by atoms with Crippen molar-refractivity contribution in [1.82, 2.24) is 5.43 Å². The van der Waals surface area contributed by atoms with Gasteiger partial charge in [-0.25, -0.2) is 5.43 Å². The number of halogens is 1. The van der Waals surface area contributed by atoms with E-state index in [4.69, 9.17) is 9.47 Å². The minimum absolute atomic E-state index is 0.217. The van der Waals surface area contributed by atoms with Crippen LogP contribution in [0.1, 0.15) is 29.2 Å². The smallest absolute Gasteiger partial charge is 0.329 e.